The van der Waals surface area contributed by atoms with Crippen LogP contribution in [0, 0.1) is 10.1 Å². The summed E-state index contributed by atoms with van der Waals surface area (Å²) in [5.41, 5.74) is -0.821. The number of hydrogen-bond donors (Lipinski definition) is 5. The molecule has 5 N–H and O–H groups in total. The van der Waals surface area contributed by atoms with Crippen molar-refractivity contribution in [3.63, 3.8) is 0 Å². The smallest absolute Gasteiger partial charge is 0.316 e. The molecule has 9 heteroatoms. The number of aliphatic hydroxyl groups excluding tert-OH is 4. The number of benzene rings is 1. The number of nitro groups is 1. The first-order chi connectivity index (χ1) is 9.88. The third kappa shape index (κ3) is 2.69. The van der Waals surface area contributed by atoms with Crippen molar-refractivity contribution >= 4 is 5.69 Å². The average molecular weight is 301 g/mol. The maximum atomic E-state index is 11.0. The molecule has 5 atom stereocenters. The third-order valence-electron chi connectivity index (χ3n) is 3.43. The van der Waals surface area contributed by atoms with Crippen LogP contribution in [0.25, 0.3) is 0 Å². The molecule has 1 aliphatic rings. The molecule has 1 fully saturated rings. The molecule has 9 nitrogen and oxygen atoms in total. The van der Waals surface area contributed by atoms with Gasteiger partial charge in [-0.2, -0.15) is 0 Å². The summed E-state index contributed by atoms with van der Waals surface area (Å²) in [5, 5.41) is 59.1. The number of nitro benzene ring substituents is 1. The van der Waals surface area contributed by atoms with Crippen molar-refractivity contribution in [3.05, 3.63) is 33.9 Å². The molecular weight excluding hydrogens is 286 g/mol. The van der Waals surface area contributed by atoms with Gasteiger partial charge >= 0.3 is 5.69 Å². The first-order valence-electron chi connectivity index (χ1n) is 6.15. The summed E-state index contributed by atoms with van der Waals surface area (Å²) in [6.07, 6.45) is -7.41. The Kier molecular flexibility index (Phi) is 4.40. The zero-order valence-electron chi connectivity index (χ0n) is 10.7. The summed E-state index contributed by atoms with van der Waals surface area (Å²) >= 11 is 0. The lowest BCUT2D eigenvalue weighted by Crippen LogP contribution is -2.55. The van der Waals surface area contributed by atoms with Gasteiger partial charge in [-0.15, -0.1) is 0 Å². The largest absolute Gasteiger partial charge is 0.502 e. The summed E-state index contributed by atoms with van der Waals surface area (Å²) in [6.45, 7) is -0.645. The van der Waals surface area contributed by atoms with Crippen LogP contribution < -0.4 is 0 Å². The lowest BCUT2D eigenvalue weighted by Gasteiger charge is -2.40. The van der Waals surface area contributed by atoms with E-state index in [2.05, 4.69) is 0 Å². The number of nitrogens with zero attached hydrogens (tertiary/aromatic N) is 1. The van der Waals surface area contributed by atoms with E-state index in [1.807, 2.05) is 0 Å². The molecule has 1 heterocycles. The highest BCUT2D eigenvalue weighted by atomic mass is 16.6. The van der Waals surface area contributed by atoms with Gasteiger partial charge in [-0.1, -0.05) is 6.07 Å². The van der Waals surface area contributed by atoms with Crippen molar-refractivity contribution in [3.8, 4) is 5.75 Å². The summed E-state index contributed by atoms with van der Waals surface area (Å²) in [4.78, 5) is 10.2. The van der Waals surface area contributed by atoms with E-state index in [1.54, 1.807) is 0 Å². The summed E-state index contributed by atoms with van der Waals surface area (Å²) in [7, 11) is 0. The van der Waals surface area contributed by atoms with Crippen molar-refractivity contribution in [1.82, 2.24) is 0 Å². The molecule has 0 radical (unpaired) electrons. The fourth-order valence-electron chi connectivity index (χ4n) is 2.34. The van der Waals surface area contributed by atoms with Gasteiger partial charge in [0, 0.05) is 0 Å². The molecular formula is C12H15NO8. The van der Waals surface area contributed by atoms with Gasteiger partial charge < -0.3 is 30.3 Å². The van der Waals surface area contributed by atoms with Gasteiger partial charge in [-0.3, -0.25) is 10.1 Å². The SMILES string of the molecule is O=[N+]([O-])c1c(O)cccc1C1O[C@H](CO)[C@H](O)[C@H](O)[C@H]1O. The Labute approximate surface area is 118 Å². The molecule has 1 unspecified atom stereocenters. The molecule has 116 valence electrons. The monoisotopic (exact) mass is 301 g/mol. The van der Waals surface area contributed by atoms with Crippen LogP contribution in [-0.4, -0.2) is 61.5 Å². The molecule has 0 saturated carbocycles. The minimum atomic E-state index is -1.65. The Balaban J connectivity index is 2.46. The fourth-order valence-corrected chi connectivity index (χ4v) is 2.34. The van der Waals surface area contributed by atoms with Gasteiger partial charge in [-0.05, 0) is 12.1 Å². The van der Waals surface area contributed by atoms with E-state index in [1.165, 1.54) is 12.1 Å². The van der Waals surface area contributed by atoms with Crippen LogP contribution in [0.3, 0.4) is 0 Å². The molecule has 1 aromatic carbocycles. The van der Waals surface area contributed by atoms with E-state index in [-0.39, 0.29) is 5.56 Å². The highest BCUT2D eigenvalue weighted by molar-refractivity contribution is 5.53. The van der Waals surface area contributed by atoms with E-state index < -0.39 is 53.5 Å². The predicted molar refractivity (Wildman–Crippen MR) is 67.5 cm³/mol. The summed E-state index contributed by atoms with van der Waals surface area (Å²) in [6, 6.07) is 3.68. The minimum absolute atomic E-state index is 0.156. The molecule has 0 spiro atoms. The summed E-state index contributed by atoms with van der Waals surface area (Å²) < 4.78 is 5.24. The van der Waals surface area contributed by atoms with Crippen molar-refractivity contribution in [1.29, 1.82) is 0 Å². The standard InChI is InChI=1S/C12H15NO8/c14-4-7-9(16)10(17)11(18)12(21-7)5-2-1-3-6(15)8(5)13(19)20/h1-3,7,9-12,14-18H,4H2/t7-,9+,10+,11-,12?/m1/s1. The van der Waals surface area contributed by atoms with Crippen LogP contribution in [-0.2, 0) is 4.74 Å². The second kappa shape index (κ2) is 5.92. The molecule has 21 heavy (non-hydrogen) atoms. The topological polar surface area (TPSA) is 154 Å². The van der Waals surface area contributed by atoms with Crippen molar-refractivity contribution in [2.24, 2.45) is 0 Å². The lowest BCUT2D eigenvalue weighted by molar-refractivity contribution is -0.388. The number of aromatic hydroxyl groups is 1. The molecule has 1 aliphatic heterocycles. The van der Waals surface area contributed by atoms with E-state index in [4.69, 9.17) is 9.84 Å². The molecule has 1 saturated heterocycles. The first kappa shape index (κ1) is 15.6. The van der Waals surface area contributed by atoms with Crippen molar-refractivity contribution in [2.75, 3.05) is 6.61 Å². The van der Waals surface area contributed by atoms with Crippen LogP contribution in [0.1, 0.15) is 11.7 Å². The maximum Gasteiger partial charge on any atom is 0.316 e. The quantitative estimate of drug-likeness (QED) is 0.345. The summed E-state index contributed by atoms with van der Waals surface area (Å²) in [5.74, 6) is -0.616. The van der Waals surface area contributed by atoms with E-state index in [0.717, 1.165) is 6.07 Å². The highest BCUT2D eigenvalue weighted by Crippen LogP contribution is 2.40. The average Bonchev–Trinajstić information content (AvgIpc) is 2.44. The molecule has 0 aromatic heterocycles. The Morgan fingerprint density at radius 1 is 1.19 bits per heavy atom. The number of hydrogen-bond acceptors (Lipinski definition) is 8. The Morgan fingerprint density at radius 2 is 1.86 bits per heavy atom. The van der Waals surface area contributed by atoms with Crippen LogP contribution >= 0.6 is 0 Å². The Hall–Kier alpha value is -1.78. The Bertz CT molecular complexity index is 534. The predicted octanol–water partition coefficient (Wildman–Crippen LogP) is -1.18. The second-order valence-corrected chi connectivity index (χ2v) is 4.72. The Morgan fingerprint density at radius 3 is 2.43 bits per heavy atom. The van der Waals surface area contributed by atoms with E-state index >= 15 is 0 Å². The normalized spacial score (nSPS) is 32.9. The lowest BCUT2D eigenvalue weighted by atomic mass is 9.90. The number of phenolic OH excluding ortho intramolecular Hbond substituents is 1. The van der Waals surface area contributed by atoms with Crippen LogP contribution in [0.5, 0.6) is 5.75 Å². The van der Waals surface area contributed by atoms with Crippen LogP contribution in [0.2, 0.25) is 0 Å². The number of rotatable bonds is 3. The molecule has 0 bridgehead atoms. The van der Waals surface area contributed by atoms with Crippen LogP contribution in [0.4, 0.5) is 5.69 Å². The number of para-hydroxylation sites is 1. The first-order valence-corrected chi connectivity index (χ1v) is 6.15. The van der Waals surface area contributed by atoms with Gasteiger partial charge in [0.05, 0.1) is 17.1 Å². The molecule has 2 rings (SSSR count). The van der Waals surface area contributed by atoms with Gasteiger partial charge in [0.15, 0.2) is 5.75 Å². The zero-order valence-corrected chi connectivity index (χ0v) is 10.7. The second-order valence-electron chi connectivity index (χ2n) is 4.72. The zero-order chi connectivity index (χ0) is 15.7. The van der Waals surface area contributed by atoms with Crippen molar-refractivity contribution < 1.29 is 35.2 Å². The third-order valence-corrected chi connectivity index (χ3v) is 3.43. The van der Waals surface area contributed by atoms with Gasteiger partial charge in [0.2, 0.25) is 0 Å². The van der Waals surface area contributed by atoms with Gasteiger partial charge in [0.25, 0.3) is 0 Å². The number of ether oxygens (including phenoxy) is 1. The molecule has 0 aliphatic carbocycles. The van der Waals surface area contributed by atoms with Crippen LogP contribution in [0.15, 0.2) is 18.2 Å². The fraction of sp³-hybridized carbons (Fsp3) is 0.500. The van der Waals surface area contributed by atoms with Gasteiger partial charge in [0.1, 0.15) is 30.5 Å². The maximum absolute atomic E-state index is 11.0. The van der Waals surface area contributed by atoms with E-state index in [9.17, 15) is 30.5 Å². The van der Waals surface area contributed by atoms with Gasteiger partial charge in [-0.25, -0.2) is 0 Å². The molecule has 0 amide bonds. The highest BCUT2D eigenvalue weighted by Gasteiger charge is 2.46. The number of phenols is 1. The minimum Gasteiger partial charge on any atom is -0.502 e. The van der Waals surface area contributed by atoms with E-state index in [0.29, 0.717) is 0 Å². The van der Waals surface area contributed by atoms with Crippen molar-refractivity contribution in [2.45, 2.75) is 30.5 Å². The number of aliphatic hydroxyl groups is 4. The molecule has 1 aromatic rings.